The molecule has 0 amide bonds. The van der Waals surface area contributed by atoms with Crippen LogP contribution < -0.4 is 5.32 Å². The summed E-state index contributed by atoms with van der Waals surface area (Å²) in [5.74, 6) is 1.84. The van der Waals surface area contributed by atoms with E-state index in [1.165, 1.54) is 24.1 Å². The summed E-state index contributed by atoms with van der Waals surface area (Å²) >= 11 is 0. The van der Waals surface area contributed by atoms with E-state index in [1.54, 1.807) is 0 Å². The minimum Gasteiger partial charge on any atom is -0.460 e. The molecule has 1 atom stereocenters. The molecule has 96 valence electrons. The van der Waals surface area contributed by atoms with Gasteiger partial charge in [0.25, 0.3) is 0 Å². The van der Waals surface area contributed by atoms with Crippen LogP contribution in [-0.4, -0.2) is 16.3 Å². The van der Waals surface area contributed by atoms with Crippen molar-refractivity contribution in [3.63, 3.8) is 0 Å². The number of furan rings is 1. The van der Waals surface area contributed by atoms with Crippen molar-refractivity contribution >= 4 is 0 Å². The van der Waals surface area contributed by atoms with Gasteiger partial charge in [-0.2, -0.15) is 5.10 Å². The van der Waals surface area contributed by atoms with Crippen molar-refractivity contribution in [2.45, 2.75) is 32.7 Å². The average Bonchev–Trinajstić information content (AvgIpc) is 3.01. The molecular formula is C14H19N3O. The van der Waals surface area contributed by atoms with Crippen molar-refractivity contribution in [2.24, 2.45) is 7.05 Å². The smallest absolute Gasteiger partial charge is 0.152 e. The standard InChI is InChI=1S/C14H19N3O/c1-9-6-7-12(18-9)14-10(2)13(16-17(14)3)11-5-4-8-15-11/h6-7,11,15H,4-5,8H2,1-3H3. The Kier molecular flexibility index (Phi) is 2.74. The van der Waals surface area contributed by atoms with E-state index in [9.17, 15) is 0 Å². The molecule has 1 aliphatic heterocycles. The second-order valence-corrected chi connectivity index (χ2v) is 5.04. The first-order valence-electron chi connectivity index (χ1n) is 6.50. The lowest BCUT2D eigenvalue weighted by Gasteiger charge is -2.07. The van der Waals surface area contributed by atoms with Gasteiger partial charge in [-0.15, -0.1) is 0 Å². The van der Waals surface area contributed by atoms with E-state index in [0.29, 0.717) is 6.04 Å². The summed E-state index contributed by atoms with van der Waals surface area (Å²) < 4.78 is 7.66. The lowest BCUT2D eigenvalue weighted by molar-refractivity contribution is 0.540. The third-order valence-corrected chi connectivity index (χ3v) is 3.68. The fourth-order valence-electron chi connectivity index (χ4n) is 2.81. The van der Waals surface area contributed by atoms with Crippen LogP contribution in [0.3, 0.4) is 0 Å². The van der Waals surface area contributed by atoms with Crippen molar-refractivity contribution in [1.82, 2.24) is 15.1 Å². The summed E-state index contributed by atoms with van der Waals surface area (Å²) in [6.07, 6.45) is 2.41. The van der Waals surface area contributed by atoms with Gasteiger partial charge in [-0.1, -0.05) is 0 Å². The number of aromatic nitrogens is 2. The first-order valence-corrected chi connectivity index (χ1v) is 6.50. The molecule has 1 fully saturated rings. The Morgan fingerprint density at radius 3 is 2.83 bits per heavy atom. The van der Waals surface area contributed by atoms with E-state index >= 15 is 0 Å². The second kappa shape index (κ2) is 4.28. The molecule has 1 saturated heterocycles. The quantitative estimate of drug-likeness (QED) is 0.884. The van der Waals surface area contributed by atoms with Gasteiger partial charge in [0.05, 0.1) is 11.7 Å². The third kappa shape index (κ3) is 1.77. The van der Waals surface area contributed by atoms with E-state index in [4.69, 9.17) is 4.42 Å². The van der Waals surface area contributed by atoms with E-state index in [1.807, 2.05) is 30.8 Å². The molecule has 4 heteroatoms. The number of rotatable bonds is 2. The number of hydrogen-bond acceptors (Lipinski definition) is 3. The van der Waals surface area contributed by atoms with Gasteiger partial charge in [-0.05, 0) is 45.4 Å². The highest BCUT2D eigenvalue weighted by Gasteiger charge is 2.24. The van der Waals surface area contributed by atoms with Gasteiger partial charge in [0.1, 0.15) is 11.5 Å². The van der Waals surface area contributed by atoms with E-state index in [-0.39, 0.29) is 0 Å². The van der Waals surface area contributed by atoms with Crippen LogP contribution in [0.4, 0.5) is 0 Å². The summed E-state index contributed by atoms with van der Waals surface area (Å²) in [6, 6.07) is 4.42. The molecule has 1 N–H and O–H groups in total. The van der Waals surface area contributed by atoms with Gasteiger partial charge in [0, 0.05) is 12.6 Å². The molecule has 1 unspecified atom stereocenters. The van der Waals surface area contributed by atoms with Crippen molar-refractivity contribution in [3.05, 3.63) is 29.2 Å². The van der Waals surface area contributed by atoms with Gasteiger partial charge in [-0.3, -0.25) is 4.68 Å². The molecule has 0 bridgehead atoms. The normalized spacial score (nSPS) is 19.6. The first kappa shape index (κ1) is 11.5. The number of aryl methyl sites for hydroxylation is 2. The highest BCUT2D eigenvalue weighted by molar-refractivity contribution is 5.59. The van der Waals surface area contributed by atoms with E-state index < -0.39 is 0 Å². The van der Waals surface area contributed by atoms with Crippen molar-refractivity contribution in [3.8, 4) is 11.5 Å². The molecule has 2 aromatic heterocycles. The van der Waals surface area contributed by atoms with Gasteiger partial charge in [-0.25, -0.2) is 0 Å². The summed E-state index contributed by atoms with van der Waals surface area (Å²) in [5, 5.41) is 8.18. The predicted octanol–water partition coefficient (Wildman–Crippen LogP) is 2.72. The maximum atomic E-state index is 5.73. The van der Waals surface area contributed by atoms with Crippen LogP contribution in [0.5, 0.6) is 0 Å². The Morgan fingerprint density at radius 1 is 1.39 bits per heavy atom. The Bertz CT molecular complexity index is 562. The lowest BCUT2D eigenvalue weighted by atomic mass is 10.1. The summed E-state index contributed by atoms with van der Waals surface area (Å²) in [5.41, 5.74) is 3.48. The molecule has 3 heterocycles. The van der Waals surface area contributed by atoms with Crippen molar-refractivity contribution in [1.29, 1.82) is 0 Å². The third-order valence-electron chi connectivity index (χ3n) is 3.68. The number of nitrogens with zero attached hydrogens (tertiary/aromatic N) is 2. The van der Waals surface area contributed by atoms with Crippen molar-refractivity contribution < 1.29 is 4.42 Å². The maximum Gasteiger partial charge on any atom is 0.152 e. The molecule has 0 aromatic carbocycles. The molecule has 1 aliphatic rings. The molecule has 3 rings (SSSR count). The minimum atomic E-state index is 0.404. The van der Waals surface area contributed by atoms with Gasteiger partial charge >= 0.3 is 0 Å². The lowest BCUT2D eigenvalue weighted by Crippen LogP contribution is -2.14. The average molecular weight is 245 g/mol. The predicted molar refractivity (Wildman–Crippen MR) is 70.4 cm³/mol. The first-order chi connectivity index (χ1) is 8.66. The zero-order valence-corrected chi connectivity index (χ0v) is 11.2. The Balaban J connectivity index is 2.05. The Morgan fingerprint density at radius 2 is 2.22 bits per heavy atom. The van der Waals surface area contributed by atoms with Gasteiger partial charge in [0.15, 0.2) is 5.76 Å². The van der Waals surface area contributed by atoms with Gasteiger partial charge < -0.3 is 9.73 Å². The SMILES string of the molecule is Cc1ccc(-c2c(C)c(C3CCCN3)nn2C)o1. The maximum absolute atomic E-state index is 5.73. The second-order valence-electron chi connectivity index (χ2n) is 5.04. The Labute approximate surface area is 107 Å². The summed E-state index contributed by atoms with van der Waals surface area (Å²) in [4.78, 5) is 0. The molecule has 2 aromatic rings. The summed E-state index contributed by atoms with van der Waals surface area (Å²) in [6.45, 7) is 5.19. The molecular weight excluding hydrogens is 226 g/mol. The van der Waals surface area contributed by atoms with Crippen LogP contribution in [-0.2, 0) is 7.05 Å². The van der Waals surface area contributed by atoms with Gasteiger partial charge in [0.2, 0.25) is 0 Å². The highest BCUT2D eigenvalue weighted by atomic mass is 16.3. The fraction of sp³-hybridized carbons (Fsp3) is 0.500. The molecule has 4 nitrogen and oxygen atoms in total. The molecule has 0 radical (unpaired) electrons. The van der Waals surface area contributed by atoms with Crippen molar-refractivity contribution in [2.75, 3.05) is 6.54 Å². The molecule has 0 saturated carbocycles. The van der Waals surface area contributed by atoms with Crippen LogP contribution in [0.1, 0.15) is 35.9 Å². The molecule has 0 aliphatic carbocycles. The van der Waals surface area contributed by atoms with Crippen LogP contribution in [0.2, 0.25) is 0 Å². The number of hydrogen-bond donors (Lipinski definition) is 1. The largest absolute Gasteiger partial charge is 0.460 e. The number of nitrogens with one attached hydrogen (secondary N) is 1. The fourth-order valence-corrected chi connectivity index (χ4v) is 2.81. The summed E-state index contributed by atoms with van der Waals surface area (Å²) in [7, 11) is 1.98. The highest BCUT2D eigenvalue weighted by Crippen LogP contribution is 2.32. The zero-order chi connectivity index (χ0) is 12.7. The Hall–Kier alpha value is -1.55. The molecule has 18 heavy (non-hydrogen) atoms. The van der Waals surface area contributed by atoms with E-state index in [2.05, 4.69) is 17.3 Å². The monoisotopic (exact) mass is 245 g/mol. The topological polar surface area (TPSA) is 43.0 Å². The minimum absolute atomic E-state index is 0.404. The van der Waals surface area contributed by atoms with E-state index in [0.717, 1.165) is 23.8 Å². The van der Waals surface area contributed by atoms with Crippen LogP contribution in [0.15, 0.2) is 16.5 Å². The van der Waals surface area contributed by atoms with Crippen LogP contribution >= 0.6 is 0 Å². The van der Waals surface area contributed by atoms with Crippen LogP contribution in [0, 0.1) is 13.8 Å². The zero-order valence-electron chi connectivity index (χ0n) is 11.2. The molecule has 0 spiro atoms. The van der Waals surface area contributed by atoms with Crippen LogP contribution in [0.25, 0.3) is 11.5 Å².